The van der Waals surface area contributed by atoms with Crippen LogP contribution in [-0.4, -0.2) is 41.2 Å². The van der Waals surface area contributed by atoms with Crippen molar-refractivity contribution in [2.45, 2.75) is 44.9 Å². The molecule has 1 aromatic rings. The number of amides is 1. The van der Waals surface area contributed by atoms with E-state index >= 15 is 0 Å². The van der Waals surface area contributed by atoms with Gasteiger partial charge < -0.3 is 14.4 Å². The van der Waals surface area contributed by atoms with E-state index in [4.69, 9.17) is 4.74 Å². The molecule has 1 aromatic heterocycles. The Balaban J connectivity index is 2.23. The van der Waals surface area contributed by atoms with Crippen LogP contribution in [0.2, 0.25) is 0 Å². The van der Waals surface area contributed by atoms with Gasteiger partial charge >= 0.3 is 6.16 Å². The molecule has 1 saturated heterocycles. The van der Waals surface area contributed by atoms with Gasteiger partial charge in [0, 0.05) is 38.2 Å². The molecule has 2 rings (SSSR count). The largest absolute Gasteiger partial charge is 0.508 e. The van der Waals surface area contributed by atoms with Gasteiger partial charge in [-0.25, -0.2) is 4.79 Å². The second-order valence-electron chi connectivity index (χ2n) is 5.24. The van der Waals surface area contributed by atoms with Gasteiger partial charge in [-0.15, -0.1) is 0 Å². The minimum absolute atomic E-state index is 0.00729. The van der Waals surface area contributed by atoms with Gasteiger partial charge in [-0.2, -0.15) is 0 Å². The summed E-state index contributed by atoms with van der Waals surface area (Å²) >= 11 is 0. The Morgan fingerprint density at radius 2 is 2.14 bits per heavy atom. The van der Waals surface area contributed by atoms with Gasteiger partial charge in [0.15, 0.2) is 0 Å². The molecule has 0 aliphatic carbocycles. The maximum atomic E-state index is 12.0. The third kappa shape index (κ3) is 3.51. The average molecular weight is 292 g/mol. The molecule has 0 bridgehead atoms. The number of rotatable bonds is 2. The van der Waals surface area contributed by atoms with Crippen molar-refractivity contribution in [3.63, 3.8) is 0 Å². The highest BCUT2D eigenvalue weighted by Crippen LogP contribution is 2.35. The van der Waals surface area contributed by atoms with Gasteiger partial charge in [-0.3, -0.25) is 9.78 Å². The highest BCUT2D eigenvalue weighted by atomic mass is 16.7. The first-order valence-electron chi connectivity index (χ1n) is 6.96. The second-order valence-corrected chi connectivity index (χ2v) is 5.24. The molecule has 2 heterocycles. The molecular formula is C15H20N2O4. The molecule has 3 atom stereocenters. The molecule has 0 radical (unpaired) electrons. The monoisotopic (exact) mass is 292 g/mol. The van der Waals surface area contributed by atoms with Crippen molar-refractivity contribution in [2.75, 3.05) is 7.11 Å². The molecule has 0 spiro atoms. The van der Waals surface area contributed by atoms with Gasteiger partial charge in [0.25, 0.3) is 0 Å². The Bertz CT molecular complexity index is 506. The summed E-state index contributed by atoms with van der Waals surface area (Å²) in [5, 5.41) is 0. The van der Waals surface area contributed by atoms with E-state index in [0.29, 0.717) is 12.8 Å². The van der Waals surface area contributed by atoms with Crippen molar-refractivity contribution in [1.29, 1.82) is 0 Å². The zero-order valence-corrected chi connectivity index (χ0v) is 12.5. The zero-order valence-electron chi connectivity index (χ0n) is 12.5. The Kier molecular flexibility index (Phi) is 4.77. The maximum absolute atomic E-state index is 12.0. The van der Waals surface area contributed by atoms with Crippen molar-refractivity contribution in [3.05, 3.63) is 30.1 Å². The number of aromatic nitrogens is 1. The number of carbonyl (C=O) groups excluding carboxylic acids is 2. The smallest absolute Gasteiger partial charge is 0.438 e. The fraction of sp³-hybridized carbons (Fsp3) is 0.533. The lowest BCUT2D eigenvalue weighted by Gasteiger charge is -2.43. The van der Waals surface area contributed by atoms with Crippen LogP contribution in [0.1, 0.15) is 38.3 Å². The summed E-state index contributed by atoms with van der Waals surface area (Å²) in [6, 6.07) is 3.61. The summed E-state index contributed by atoms with van der Waals surface area (Å²) in [6.45, 7) is 3.51. The van der Waals surface area contributed by atoms with Crippen LogP contribution >= 0.6 is 0 Å². The Hall–Kier alpha value is -2.11. The highest BCUT2D eigenvalue weighted by Gasteiger charge is 2.37. The predicted octanol–water partition coefficient (Wildman–Crippen LogP) is 2.31. The topological polar surface area (TPSA) is 68.7 Å². The summed E-state index contributed by atoms with van der Waals surface area (Å²) < 4.78 is 9.82. The van der Waals surface area contributed by atoms with Crippen molar-refractivity contribution in [2.24, 2.45) is 0 Å². The Morgan fingerprint density at radius 1 is 1.38 bits per heavy atom. The summed E-state index contributed by atoms with van der Waals surface area (Å²) in [5.74, 6) is 0.00729. The molecule has 0 aromatic carbocycles. The molecule has 21 heavy (non-hydrogen) atoms. The molecular weight excluding hydrogens is 272 g/mol. The fourth-order valence-corrected chi connectivity index (χ4v) is 2.94. The lowest BCUT2D eigenvalue weighted by atomic mass is 9.90. The van der Waals surface area contributed by atoms with E-state index < -0.39 is 6.16 Å². The van der Waals surface area contributed by atoms with Crippen molar-refractivity contribution < 1.29 is 19.1 Å². The first-order valence-corrected chi connectivity index (χ1v) is 6.96. The lowest BCUT2D eigenvalue weighted by Crippen LogP contribution is -2.48. The first-order chi connectivity index (χ1) is 10.0. The van der Waals surface area contributed by atoms with Crippen LogP contribution in [0.3, 0.4) is 0 Å². The molecule has 6 heteroatoms. The molecule has 1 amide bonds. The molecule has 1 aliphatic rings. The summed E-state index contributed by atoms with van der Waals surface area (Å²) in [4.78, 5) is 29.2. The number of nitrogens with zero attached hydrogens (tertiary/aromatic N) is 2. The number of methoxy groups -OCH3 is 1. The van der Waals surface area contributed by atoms with Crippen molar-refractivity contribution in [1.82, 2.24) is 9.88 Å². The molecule has 1 aliphatic heterocycles. The van der Waals surface area contributed by atoms with Gasteiger partial charge in [0.1, 0.15) is 6.10 Å². The van der Waals surface area contributed by atoms with E-state index in [9.17, 15) is 9.59 Å². The summed E-state index contributed by atoms with van der Waals surface area (Å²) in [7, 11) is 1.29. The van der Waals surface area contributed by atoms with Crippen LogP contribution in [-0.2, 0) is 14.3 Å². The first kappa shape index (κ1) is 15.3. The average Bonchev–Trinajstić information content (AvgIpc) is 2.47. The number of carbonyl (C=O) groups is 2. The minimum atomic E-state index is -0.687. The lowest BCUT2D eigenvalue weighted by molar-refractivity contribution is -0.138. The van der Waals surface area contributed by atoms with Crippen LogP contribution in [0.5, 0.6) is 0 Å². The number of hydrogen-bond acceptors (Lipinski definition) is 5. The van der Waals surface area contributed by atoms with Crippen LogP contribution in [0.4, 0.5) is 4.79 Å². The van der Waals surface area contributed by atoms with E-state index in [2.05, 4.69) is 9.72 Å². The number of ether oxygens (including phenoxy) is 2. The Morgan fingerprint density at radius 3 is 2.71 bits per heavy atom. The summed E-state index contributed by atoms with van der Waals surface area (Å²) in [5.41, 5.74) is 0.942. The van der Waals surface area contributed by atoms with E-state index in [1.165, 1.54) is 7.11 Å². The van der Waals surface area contributed by atoms with E-state index in [-0.39, 0.29) is 24.1 Å². The molecule has 114 valence electrons. The van der Waals surface area contributed by atoms with E-state index in [1.807, 2.05) is 24.0 Å². The van der Waals surface area contributed by atoms with Crippen LogP contribution in [0.25, 0.3) is 0 Å². The normalized spacial score (nSPS) is 25.3. The zero-order chi connectivity index (χ0) is 15.4. The number of piperidine rings is 1. The van der Waals surface area contributed by atoms with Gasteiger partial charge in [-0.05, 0) is 18.6 Å². The second kappa shape index (κ2) is 6.56. The van der Waals surface area contributed by atoms with Crippen molar-refractivity contribution in [3.8, 4) is 0 Å². The maximum Gasteiger partial charge on any atom is 0.508 e. The quantitative estimate of drug-likeness (QED) is 0.782. The fourth-order valence-electron chi connectivity index (χ4n) is 2.94. The molecule has 6 nitrogen and oxygen atoms in total. The van der Waals surface area contributed by atoms with Gasteiger partial charge in [-0.1, -0.05) is 6.07 Å². The molecule has 0 N–H and O–H groups in total. The van der Waals surface area contributed by atoms with E-state index in [0.717, 1.165) is 5.56 Å². The SMILES string of the molecule is COC(=O)OC1CC(C)N(C(C)=O)C(c2cccnc2)C1. The van der Waals surface area contributed by atoms with Crippen LogP contribution < -0.4 is 0 Å². The van der Waals surface area contributed by atoms with Crippen LogP contribution in [0.15, 0.2) is 24.5 Å². The van der Waals surface area contributed by atoms with Crippen molar-refractivity contribution >= 4 is 12.1 Å². The van der Waals surface area contributed by atoms with Gasteiger partial charge in [0.2, 0.25) is 5.91 Å². The number of hydrogen-bond donors (Lipinski definition) is 0. The third-order valence-electron chi connectivity index (χ3n) is 3.76. The molecule has 0 saturated carbocycles. The highest BCUT2D eigenvalue weighted by molar-refractivity contribution is 5.74. The molecule has 3 unspecified atom stereocenters. The number of likely N-dealkylation sites (tertiary alicyclic amines) is 1. The molecule has 1 fully saturated rings. The predicted molar refractivity (Wildman–Crippen MR) is 75.5 cm³/mol. The van der Waals surface area contributed by atoms with Crippen LogP contribution in [0, 0.1) is 0 Å². The van der Waals surface area contributed by atoms with Gasteiger partial charge in [0.05, 0.1) is 13.2 Å². The van der Waals surface area contributed by atoms with E-state index in [1.54, 1.807) is 19.3 Å². The minimum Gasteiger partial charge on any atom is -0.438 e. The summed E-state index contributed by atoms with van der Waals surface area (Å²) in [6.07, 6.45) is 3.63. The Labute approximate surface area is 124 Å². The third-order valence-corrected chi connectivity index (χ3v) is 3.76. The number of pyridine rings is 1. The standard InChI is InChI=1S/C15H20N2O4/c1-10-7-13(21-15(19)20-3)8-14(17(10)11(2)18)12-5-4-6-16-9-12/h4-6,9-10,13-14H,7-8H2,1-3H3.